The van der Waals surface area contributed by atoms with E-state index in [9.17, 15) is 4.79 Å². The molecule has 2 aliphatic rings. The zero-order valence-electron chi connectivity index (χ0n) is 12.6. The summed E-state index contributed by atoms with van der Waals surface area (Å²) in [5, 5.41) is 0. The van der Waals surface area contributed by atoms with Crippen molar-refractivity contribution in [3.05, 3.63) is 35.4 Å². The summed E-state index contributed by atoms with van der Waals surface area (Å²) in [6, 6.07) is 8.47. The lowest BCUT2D eigenvalue weighted by Gasteiger charge is -2.33. The number of ether oxygens (including phenoxy) is 1. The highest BCUT2D eigenvalue weighted by Crippen LogP contribution is 2.35. The lowest BCUT2D eigenvalue weighted by atomic mass is 9.88. The molecule has 2 aliphatic heterocycles. The third-order valence-corrected chi connectivity index (χ3v) is 4.58. The van der Waals surface area contributed by atoms with Gasteiger partial charge in [0.15, 0.2) is 0 Å². The van der Waals surface area contributed by atoms with Crippen LogP contribution in [0.2, 0.25) is 0 Å². The third-order valence-electron chi connectivity index (χ3n) is 4.58. The van der Waals surface area contributed by atoms with Gasteiger partial charge in [0.25, 0.3) is 0 Å². The summed E-state index contributed by atoms with van der Waals surface area (Å²) in [4.78, 5) is 14.7. The van der Waals surface area contributed by atoms with Crippen molar-refractivity contribution in [2.75, 3.05) is 19.7 Å². The predicted octanol–water partition coefficient (Wildman–Crippen LogP) is 2.02. The van der Waals surface area contributed by atoms with Crippen molar-refractivity contribution in [3.8, 4) is 0 Å². The van der Waals surface area contributed by atoms with Crippen molar-refractivity contribution in [3.63, 3.8) is 0 Å². The van der Waals surface area contributed by atoms with Crippen LogP contribution in [0, 0.1) is 12.8 Å². The van der Waals surface area contributed by atoms with Crippen LogP contribution in [0.1, 0.15) is 36.5 Å². The maximum Gasteiger partial charge on any atom is 0.228 e. The Morgan fingerprint density at radius 2 is 2.05 bits per heavy atom. The van der Waals surface area contributed by atoms with Crippen LogP contribution in [-0.2, 0) is 9.53 Å². The van der Waals surface area contributed by atoms with E-state index >= 15 is 0 Å². The molecule has 1 amide bonds. The molecule has 4 heteroatoms. The number of hydrogen-bond donors (Lipinski definition) is 1. The Balaban J connectivity index is 1.78. The van der Waals surface area contributed by atoms with Gasteiger partial charge < -0.3 is 15.4 Å². The lowest BCUT2D eigenvalue weighted by molar-refractivity contribution is -0.144. The van der Waals surface area contributed by atoms with Crippen LogP contribution < -0.4 is 5.73 Å². The fraction of sp³-hybridized carbons (Fsp3) is 0.588. The normalized spacial score (nSPS) is 29.6. The van der Waals surface area contributed by atoms with E-state index < -0.39 is 0 Å². The molecule has 21 heavy (non-hydrogen) atoms. The van der Waals surface area contributed by atoms with E-state index in [0.29, 0.717) is 6.54 Å². The minimum Gasteiger partial charge on any atom is -0.373 e. The highest BCUT2D eigenvalue weighted by molar-refractivity contribution is 5.80. The van der Waals surface area contributed by atoms with E-state index in [-0.39, 0.29) is 24.0 Å². The summed E-state index contributed by atoms with van der Waals surface area (Å²) in [7, 11) is 0. The number of carbonyl (C=O) groups is 1. The Hall–Kier alpha value is -1.39. The molecule has 2 fully saturated rings. The van der Waals surface area contributed by atoms with Gasteiger partial charge >= 0.3 is 0 Å². The fourth-order valence-electron chi connectivity index (χ4n) is 3.34. The van der Waals surface area contributed by atoms with E-state index in [2.05, 4.69) is 31.2 Å². The van der Waals surface area contributed by atoms with Gasteiger partial charge in [0.1, 0.15) is 0 Å². The smallest absolute Gasteiger partial charge is 0.228 e. The molecule has 0 spiro atoms. The summed E-state index contributed by atoms with van der Waals surface area (Å²) in [6.07, 6.45) is 2.67. The molecule has 0 aromatic heterocycles. The molecule has 114 valence electrons. The average molecular weight is 288 g/mol. The molecule has 2 heterocycles. The Morgan fingerprint density at radius 1 is 1.29 bits per heavy atom. The molecule has 0 aliphatic carbocycles. The van der Waals surface area contributed by atoms with Crippen molar-refractivity contribution in [2.45, 2.75) is 38.3 Å². The number of nitrogens with zero attached hydrogens (tertiary/aromatic N) is 1. The molecule has 0 unspecified atom stereocenters. The van der Waals surface area contributed by atoms with Crippen molar-refractivity contribution >= 4 is 5.91 Å². The van der Waals surface area contributed by atoms with E-state index in [1.54, 1.807) is 0 Å². The monoisotopic (exact) mass is 288 g/mol. The number of carbonyl (C=O) groups excluding carboxylic acids is 1. The topological polar surface area (TPSA) is 55.6 Å². The van der Waals surface area contributed by atoms with E-state index in [4.69, 9.17) is 10.5 Å². The number of amides is 1. The number of benzene rings is 1. The number of hydrogen-bond acceptors (Lipinski definition) is 3. The second-order valence-electron chi connectivity index (χ2n) is 6.28. The first-order chi connectivity index (χ1) is 10.1. The molecule has 4 nitrogen and oxygen atoms in total. The summed E-state index contributed by atoms with van der Waals surface area (Å²) < 4.78 is 5.95. The predicted molar refractivity (Wildman–Crippen MR) is 81.8 cm³/mol. The number of nitrogens with two attached hydrogens (primary N) is 1. The number of aryl methyl sites for hydroxylation is 1. The van der Waals surface area contributed by atoms with Gasteiger partial charge in [0.05, 0.1) is 12.0 Å². The number of likely N-dealkylation sites (tertiary alicyclic amines) is 1. The molecule has 0 radical (unpaired) electrons. The summed E-state index contributed by atoms with van der Waals surface area (Å²) >= 11 is 0. The van der Waals surface area contributed by atoms with E-state index in [1.165, 1.54) is 5.56 Å². The zero-order chi connectivity index (χ0) is 14.8. The zero-order valence-corrected chi connectivity index (χ0v) is 12.6. The van der Waals surface area contributed by atoms with Crippen LogP contribution in [0.15, 0.2) is 24.3 Å². The van der Waals surface area contributed by atoms with Gasteiger partial charge in [0.2, 0.25) is 5.91 Å². The molecule has 1 aromatic carbocycles. The van der Waals surface area contributed by atoms with Gasteiger partial charge in [-0.05, 0) is 31.7 Å². The fourth-order valence-corrected chi connectivity index (χ4v) is 3.34. The second kappa shape index (κ2) is 6.16. The van der Waals surface area contributed by atoms with Gasteiger partial charge in [0, 0.05) is 25.7 Å². The molecule has 3 atom stereocenters. The Bertz CT molecular complexity index is 500. The average Bonchev–Trinajstić information content (AvgIpc) is 2.94. The minimum atomic E-state index is -0.108. The van der Waals surface area contributed by atoms with Crippen LogP contribution in [0.3, 0.4) is 0 Å². The molecule has 0 saturated carbocycles. The molecule has 2 saturated heterocycles. The molecular formula is C17H24N2O2. The highest BCUT2D eigenvalue weighted by atomic mass is 16.5. The Morgan fingerprint density at radius 3 is 2.71 bits per heavy atom. The third kappa shape index (κ3) is 3.11. The van der Waals surface area contributed by atoms with Crippen molar-refractivity contribution in [1.82, 2.24) is 4.90 Å². The SMILES string of the molecule is Cc1ccc([C@@H]2OCCC[C@@H]2C(=O)N2CC[C@H](N)C2)cc1. The van der Waals surface area contributed by atoms with Gasteiger partial charge in [-0.25, -0.2) is 0 Å². The van der Waals surface area contributed by atoms with E-state index in [0.717, 1.165) is 38.0 Å². The first-order valence-electron chi connectivity index (χ1n) is 7.87. The van der Waals surface area contributed by atoms with Gasteiger partial charge in [-0.2, -0.15) is 0 Å². The molecule has 2 N–H and O–H groups in total. The standard InChI is InChI=1S/C17H24N2O2/c1-12-4-6-13(7-5-12)16-15(3-2-10-21-16)17(20)19-9-8-14(18)11-19/h4-7,14-16H,2-3,8-11,18H2,1H3/t14-,15-,16-/m0/s1. The first-order valence-corrected chi connectivity index (χ1v) is 7.87. The van der Waals surface area contributed by atoms with Gasteiger partial charge in [-0.1, -0.05) is 29.8 Å². The molecule has 0 bridgehead atoms. The highest BCUT2D eigenvalue weighted by Gasteiger charge is 2.37. The largest absolute Gasteiger partial charge is 0.373 e. The maximum atomic E-state index is 12.8. The lowest BCUT2D eigenvalue weighted by Crippen LogP contribution is -2.40. The first kappa shape index (κ1) is 14.5. The van der Waals surface area contributed by atoms with Crippen LogP contribution in [-0.4, -0.2) is 36.5 Å². The molecule has 1 aromatic rings. The summed E-state index contributed by atoms with van der Waals surface area (Å²) in [5.74, 6) is 0.153. The van der Waals surface area contributed by atoms with Crippen molar-refractivity contribution < 1.29 is 9.53 Å². The quantitative estimate of drug-likeness (QED) is 0.906. The minimum absolute atomic E-state index is 0.0632. The second-order valence-corrected chi connectivity index (χ2v) is 6.28. The molecule has 3 rings (SSSR count). The van der Waals surface area contributed by atoms with Crippen molar-refractivity contribution in [2.24, 2.45) is 11.7 Å². The van der Waals surface area contributed by atoms with Gasteiger partial charge in [-0.3, -0.25) is 4.79 Å². The maximum absolute atomic E-state index is 12.8. The van der Waals surface area contributed by atoms with E-state index in [1.807, 2.05) is 4.90 Å². The van der Waals surface area contributed by atoms with Crippen LogP contribution in [0.25, 0.3) is 0 Å². The summed E-state index contributed by atoms with van der Waals surface area (Å²) in [5.41, 5.74) is 8.27. The Kier molecular flexibility index (Phi) is 4.27. The van der Waals surface area contributed by atoms with Gasteiger partial charge in [-0.15, -0.1) is 0 Å². The summed E-state index contributed by atoms with van der Waals surface area (Å²) in [6.45, 7) is 4.29. The van der Waals surface area contributed by atoms with Crippen LogP contribution in [0.5, 0.6) is 0 Å². The van der Waals surface area contributed by atoms with Crippen molar-refractivity contribution in [1.29, 1.82) is 0 Å². The van der Waals surface area contributed by atoms with Crippen LogP contribution >= 0.6 is 0 Å². The Labute approximate surface area is 126 Å². The number of rotatable bonds is 2. The molecular weight excluding hydrogens is 264 g/mol. The van der Waals surface area contributed by atoms with Crippen LogP contribution in [0.4, 0.5) is 0 Å².